The first-order chi connectivity index (χ1) is 8.56. The predicted molar refractivity (Wildman–Crippen MR) is 74.3 cm³/mol. The molecule has 0 aliphatic rings. The van der Waals surface area contributed by atoms with Crippen molar-refractivity contribution in [2.45, 2.75) is 13.8 Å². The molecule has 0 bridgehead atoms. The Morgan fingerprint density at radius 1 is 0.778 bits per heavy atom. The zero-order valence-corrected chi connectivity index (χ0v) is 10.4. The molecule has 3 rings (SSSR count). The molecule has 0 unspecified atom stereocenters. The molecular weight excluding hydrogens is 224 g/mol. The normalized spacial score (nSPS) is 11.2. The van der Waals surface area contributed by atoms with Gasteiger partial charge in [-0.1, -0.05) is 6.07 Å². The van der Waals surface area contributed by atoms with Crippen molar-refractivity contribution in [3.63, 3.8) is 0 Å². The first kappa shape index (κ1) is 10.9. The van der Waals surface area contributed by atoms with Gasteiger partial charge < -0.3 is 10.2 Å². The van der Waals surface area contributed by atoms with Crippen LogP contribution in [0.5, 0.6) is 11.5 Å². The number of hydrogen-bond acceptors (Lipinski definition) is 2. The number of hydrogen-bond donors (Lipinski definition) is 2. The molecule has 2 N–H and O–H groups in total. The molecule has 0 radical (unpaired) electrons. The van der Waals surface area contributed by atoms with E-state index < -0.39 is 0 Å². The van der Waals surface area contributed by atoms with E-state index in [2.05, 4.69) is 6.07 Å². The lowest BCUT2D eigenvalue weighted by atomic mass is 9.97. The quantitative estimate of drug-likeness (QED) is 0.581. The van der Waals surface area contributed by atoms with E-state index in [1.54, 1.807) is 18.2 Å². The van der Waals surface area contributed by atoms with Crippen molar-refractivity contribution in [2.24, 2.45) is 0 Å². The summed E-state index contributed by atoms with van der Waals surface area (Å²) in [6, 6.07) is 11.3. The highest BCUT2D eigenvalue weighted by molar-refractivity contribution is 6.01. The van der Waals surface area contributed by atoms with Crippen LogP contribution >= 0.6 is 0 Å². The first-order valence-corrected chi connectivity index (χ1v) is 5.92. The molecule has 0 saturated carbocycles. The summed E-state index contributed by atoms with van der Waals surface area (Å²) in [6.07, 6.45) is 0. The number of aromatic hydroxyl groups is 2. The molecule has 3 aromatic rings. The SMILES string of the molecule is Cc1cc(O)cc2cc3c(C)c(O)ccc3cc12. The standard InChI is InChI=1S/C16H14O2/c1-9-5-13(17)6-12-8-15-10(2)16(18)4-3-11(15)7-14(9)12/h3-8,17-18H,1-2H3. The Morgan fingerprint density at radius 2 is 1.50 bits per heavy atom. The third-order valence-electron chi connectivity index (χ3n) is 3.52. The topological polar surface area (TPSA) is 40.5 Å². The third-order valence-corrected chi connectivity index (χ3v) is 3.52. The highest BCUT2D eigenvalue weighted by Crippen LogP contribution is 2.32. The van der Waals surface area contributed by atoms with E-state index in [0.717, 1.165) is 32.7 Å². The molecular formula is C16H14O2. The Morgan fingerprint density at radius 3 is 2.28 bits per heavy atom. The van der Waals surface area contributed by atoms with Crippen LogP contribution in [0.2, 0.25) is 0 Å². The summed E-state index contributed by atoms with van der Waals surface area (Å²) in [5, 5.41) is 23.7. The van der Waals surface area contributed by atoms with Gasteiger partial charge in [-0.25, -0.2) is 0 Å². The maximum absolute atomic E-state index is 9.75. The van der Waals surface area contributed by atoms with Gasteiger partial charge in [0, 0.05) is 0 Å². The second kappa shape index (κ2) is 3.64. The summed E-state index contributed by atoms with van der Waals surface area (Å²) in [5.74, 6) is 0.580. The van der Waals surface area contributed by atoms with Crippen molar-refractivity contribution in [3.05, 3.63) is 47.5 Å². The molecule has 2 heteroatoms. The monoisotopic (exact) mass is 238 g/mol. The Labute approximate surface area is 105 Å². The van der Waals surface area contributed by atoms with Gasteiger partial charge in [0.25, 0.3) is 0 Å². The van der Waals surface area contributed by atoms with Gasteiger partial charge in [-0.2, -0.15) is 0 Å². The molecule has 90 valence electrons. The molecule has 3 aromatic carbocycles. The molecule has 0 saturated heterocycles. The maximum atomic E-state index is 9.75. The zero-order chi connectivity index (χ0) is 12.9. The summed E-state index contributed by atoms with van der Waals surface area (Å²) in [4.78, 5) is 0. The van der Waals surface area contributed by atoms with Crippen LogP contribution in [0, 0.1) is 13.8 Å². The predicted octanol–water partition coefficient (Wildman–Crippen LogP) is 4.02. The Balaban J connectivity index is 2.51. The Bertz CT molecular complexity index is 773. The summed E-state index contributed by atoms with van der Waals surface area (Å²) in [5.41, 5.74) is 1.92. The van der Waals surface area contributed by atoms with Gasteiger partial charge in [-0.15, -0.1) is 0 Å². The summed E-state index contributed by atoms with van der Waals surface area (Å²) >= 11 is 0. The number of phenols is 2. The van der Waals surface area contributed by atoms with Crippen LogP contribution in [0.1, 0.15) is 11.1 Å². The minimum atomic E-state index is 0.275. The van der Waals surface area contributed by atoms with E-state index >= 15 is 0 Å². The van der Waals surface area contributed by atoms with E-state index in [1.165, 1.54) is 0 Å². The van der Waals surface area contributed by atoms with E-state index in [-0.39, 0.29) is 5.75 Å². The summed E-state index contributed by atoms with van der Waals surface area (Å²) in [6.45, 7) is 3.89. The van der Waals surface area contributed by atoms with E-state index in [1.807, 2.05) is 26.0 Å². The van der Waals surface area contributed by atoms with Crippen LogP contribution in [0.4, 0.5) is 0 Å². The number of benzene rings is 3. The third kappa shape index (κ3) is 1.50. The fourth-order valence-electron chi connectivity index (χ4n) is 2.49. The molecule has 0 aromatic heterocycles. The van der Waals surface area contributed by atoms with Crippen LogP contribution in [0.15, 0.2) is 36.4 Å². The fourth-order valence-corrected chi connectivity index (χ4v) is 2.49. The molecule has 0 amide bonds. The number of fused-ring (bicyclic) bond motifs is 2. The van der Waals surface area contributed by atoms with Crippen molar-refractivity contribution >= 4 is 21.5 Å². The molecule has 0 aliphatic heterocycles. The molecule has 0 fully saturated rings. The van der Waals surface area contributed by atoms with Crippen molar-refractivity contribution in [2.75, 3.05) is 0 Å². The summed E-state index contributed by atoms with van der Waals surface area (Å²) < 4.78 is 0. The average Bonchev–Trinajstić information content (AvgIpc) is 2.33. The first-order valence-electron chi connectivity index (χ1n) is 5.92. The zero-order valence-electron chi connectivity index (χ0n) is 10.4. The Hall–Kier alpha value is -2.22. The smallest absolute Gasteiger partial charge is 0.119 e. The van der Waals surface area contributed by atoms with Crippen LogP contribution in [0.3, 0.4) is 0 Å². The number of phenolic OH excluding ortho intramolecular Hbond substituents is 2. The average molecular weight is 238 g/mol. The van der Waals surface area contributed by atoms with Gasteiger partial charge in [0.1, 0.15) is 11.5 Å². The maximum Gasteiger partial charge on any atom is 0.119 e. The van der Waals surface area contributed by atoms with Crippen LogP contribution < -0.4 is 0 Å². The molecule has 0 heterocycles. The molecule has 2 nitrogen and oxygen atoms in total. The minimum absolute atomic E-state index is 0.275. The molecule has 0 spiro atoms. The summed E-state index contributed by atoms with van der Waals surface area (Å²) in [7, 11) is 0. The second-order valence-corrected chi connectivity index (χ2v) is 4.77. The van der Waals surface area contributed by atoms with Gasteiger partial charge in [-0.05, 0) is 76.9 Å². The van der Waals surface area contributed by atoms with Gasteiger partial charge >= 0.3 is 0 Å². The van der Waals surface area contributed by atoms with Crippen LogP contribution in [0.25, 0.3) is 21.5 Å². The lowest BCUT2D eigenvalue weighted by molar-refractivity contribution is 0.472. The minimum Gasteiger partial charge on any atom is -0.508 e. The van der Waals surface area contributed by atoms with E-state index in [4.69, 9.17) is 0 Å². The molecule has 0 atom stereocenters. The molecule has 0 aliphatic carbocycles. The van der Waals surface area contributed by atoms with Crippen LogP contribution in [-0.2, 0) is 0 Å². The van der Waals surface area contributed by atoms with E-state index in [9.17, 15) is 10.2 Å². The fraction of sp³-hybridized carbons (Fsp3) is 0.125. The van der Waals surface area contributed by atoms with Crippen molar-refractivity contribution in [3.8, 4) is 11.5 Å². The van der Waals surface area contributed by atoms with Crippen LogP contribution in [-0.4, -0.2) is 10.2 Å². The number of rotatable bonds is 0. The number of aryl methyl sites for hydroxylation is 2. The van der Waals surface area contributed by atoms with Crippen molar-refractivity contribution in [1.82, 2.24) is 0 Å². The van der Waals surface area contributed by atoms with Crippen molar-refractivity contribution < 1.29 is 10.2 Å². The van der Waals surface area contributed by atoms with Gasteiger partial charge in [0.05, 0.1) is 0 Å². The molecule has 18 heavy (non-hydrogen) atoms. The lowest BCUT2D eigenvalue weighted by Crippen LogP contribution is -1.84. The highest BCUT2D eigenvalue weighted by atomic mass is 16.3. The highest BCUT2D eigenvalue weighted by Gasteiger charge is 2.06. The van der Waals surface area contributed by atoms with Gasteiger partial charge in [0.15, 0.2) is 0 Å². The van der Waals surface area contributed by atoms with E-state index in [0.29, 0.717) is 5.75 Å². The van der Waals surface area contributed by atoms with Crippen molar-refractivity contribution in [1.29, 1.82) is 0 Å². The lowest BCUT2D eigenvalue weighted by Gasteiger charge is -2.09. The Kier molecular flexibility index (Phi) is 2.20. The largest absolute Gasteiger partial charge is 0.508 e. The second-order valence-electron chi connectivity index (χ2n) is 4.77. The van der Waals surface area contributed by atoms with Gasteiger partial charge in [0.2, 0.25) is 0 Å². The van der Waals surface area contributed by atoms with Gasteiger partial charge in [-0.3, -0.25) is 0 Å².